The van der Waals surface area contributed by atoms with Crippen molar-refractivity contribution in [1.29, 1.82) is 0 Å². The fraction of sp³-hybridized carbons (Fsp3) is 0.200. The molecule has 0 heterocycles. The van der Waals surface area contributed by atoms with Gasteiger partial charge in [-0.3, -0.25) is 0 Å². The molecule has 0 saturated heterocycles. The fourth-order valence-electron chi connectivity index (χ4n) is 0.852. The van der Waals surface area contributed by atoms with Gasteiger partial charge < -0.3 is 0 Å². The smallest absolute Gasteiger partial charge is 0.0856 e. The van der Waals surface area contributed by atoms with Gasteiger partial charge in [-0.2, -0.15) is 0 Å². The van der Waals surface area contributed by atoms with Gasteiger partial charge in [0.1, 0.15) is 0 Å². The molecule has 0 amide bonds. The first-order valence-electron chi connectivity index (χ1n) is 3.73. The van der Waals surface area contributed by atoms with Crippen molar-refractivity contribution in [3.05, 3.63) is 42.0 Å². The van der Waals surface area contributed by atoms with E-state index in [9.17, 15) is 5.11 Å². The van der Waals surface area contributed by atoms with Crippen LogP contribution in [0.15, 0.2) is 36.4 Å². The van der Waals surface area contributed by atoms with Crippen LogP contribution in [0, 0.1) is 0 Å². The zero-order chi connectivity index (χ0) is 7.94. The summed E-state index contributed by atoms with van der Waals surface area (Å²) < 4.78 is 0. The van der Waals surface area contributed by atoms with Crippen molar-refractivity contribution in [2.75, 3.05) is 6.61 Å². The molecule has 0 atom stereocenters. The molecule has 0 aromatic heterocycles. The van der Waals surface area contributed by atoms with Gasteiger partial charge >= 0.3 is 0 Å². The first-order valence-corrected chi connectivity index (χ1v) is 3.73. The lowest BCUT2D eigenvalue weighted by Gasteiger charge is -1.89. The maximum atomic E-state index is 10.1. The average Bonchev–Trinajstić information content (AvgIpc) is 2.07. The van der Waals surface area contributed by atoms with Crippen LogP contribution in [-0.4, -0.2) is 6.61 Å². The third-order valence-corrected chi connectivity index (χ3v) is 1.39. The molecule has 1 aromatic rings. The summed E-state index contributed by atoms with van der Waals surface area (Å²) in [5.74, 6) is 0. The first-order chi connectivity index (χ1) is 5.43. The number of rotatable bonds is 3. The van der Waals surface area contributed by atoms with Gasteiger partial charge in [-0.1, -0.05) is 42.5 Å². The Balaban J connectivity index is 2.50. The zero-order valence-electron chi connectivity index (χ0n) is 6.36. The van der Waals surface area contributed by atoms with Crippen LogP contribution in [0.5, 0.6) is 0 Å². The van der Waals surface area contributed by atoms with E-state index in [0.717, 1.165) is 5.56 Å². The largest absolute Gasteiger partial charge is 0.236 e. The van der Waals surface area contributed by atoms with E-state index in [-0.39, 0.29) is 6.61 Å². The van der Waals surface area contributed by atoms with Gasteiger partial charge in [0, 0.05) is 0 Å². The van der Waals surface area contributed by atoms with Crippen molar-refractivity contribution in [2.45, 2.75) is 6.42 Å². The Morgan fingerprint density at radius 3 is 2.55 bits per heavy atom. The standard InChI is InChI=1S/C10H11O/c11-9-5-4-8-10-6-2-1-3-7-10/h1-4,6-8H,5,9H2/b8-4+. The van der Waals surface area contributed by atoms with E-state index in [1.807, 2.05) is 42.5 Å². The summed E-state index contributed by atoms with van der Waals surface area (Å²) in [6.07, 6.45) is 4.50. The van der Waals surface area contributed by atoms with Gasteiger partial charge in [-0.25, -0.2) is 5.11 Å². The normalized spacial score (nSPS) is 10.6. The molecule has 0 spiro atoms. The third kappa shape index (κ3) is 3.01. The van der Waals surface area contributed by atoms with E-state index < -0.39 is 0 Å². The van der Waals surface area contributed by atoms with E-state index in [4.69, 9.17) is 0 Å². The third-order valence-electron chi connectivity index (χ3n) is 1.39. The highest BCUT2D eigenvalue weighted by Crippen LogP contribution is 2.01. The Bertz CT molecular complexity index is 214. The molecule has 0 N–H and O–H groups in total. The lowest BCUT2D eigenvalue weighted by atomic mass is 10.2. The Morgan fingerprint density at radius 2 is 1.91 bits per heavy atom. The minimum absolute atomic E-state index is 0.0245. The molecule has 1 rings (SSSR count). The molecule has 0 saturated carbocycles. The van der Waals surface area contributed by atoms with Gasteiger partial charge in [0.25, 0.3) is 0 Å². The zero-order valence-corrected chi connectivity index (χ0v) is 6.36. The molecule has 1 heteroatoms. The van der Waals surface area contributed by atoms with Gasteiger partial charge in [-0.05, 0) is 12.0 Å². The second-order valence-electron chi connectivity index (χ2n) is 2.31. The summed E-state index contributed by atoms with van der Waals surface area (Å²) in [4.78, 5) is 0. The van der Waals surface area contributed by atoms with Crippen molar-refractivity contribution >= 4 is 6.08 Å². The number of hydrogen-bond donors (Lipinski definition) is 0. The van der Waals surface area contributed by atoms with Crippen molar-refractivity contribution in [1.82, 2.24) is 0 Å². The molecular formula is C10H11O. The molecule has 0 unspecified atom stereocenters. The predicted molar refractivity (Wildman–Crippen MR) is 45.6 cm³/mol. The maximum absolute atomic E-state index is 10.1. The highest BCUT2D eigenvalue weighted by Gasteiger charge is 1.81. The quantitative estimate of drug-likeness (QED) is 0.626. The minimum atomic E-state index is -0.0245. The Hall–Kier alpha value is -1.08. The highest BCUT2D eigenvalue weighted by atomic mass is 16.2. The van der Waals surface area contributed by atoms with Crippen LogP contribution in [0.1, 0.15) is 12.0 Å². The van der Waals surface area contributed by atoms with Crippen LogP contribution >= 0.6 is 0 Å². The van der Waals surface area contributed by atoms with Crippen LogP contribution in [0.2, 0.25) is 0 Å². The predicted octanol–water partition coefficient (Wildman–Crippen LogP) is 2.52. The van der Waals surface area contributed by atoms with Gasteiger partial charge in [-0.15, -0.1) is 0 Å². The number of benzene rings is 1. The van der Waals surface area contributed by atoms with E-state index in [2.05, 4.69) is 0 Å². The highest BCUT2D eigenvalue weighted by molar-refractivity contribution is 5.48. The van der Waals surface area contributed by atoms with E-state index in [1.54, 1.807) is 0 Å². The molecule has 1 nitrogen and oxygen atoms in total. The Kier molecular flexibility index (Phi) is 3.42. The van der Waals surface area contributed by atoms with Crippen molar-refractivity contribution in [2.24, 2.45) is 0 Å². The molecule has 1 radical (unpaired) electrons. The van der Waals surface area contributed by atoms with Crippen LogP contribution in [0.3, 0.4) is 0 Å². The lowest BCUT2D eigenvalue weighted by Crippen LogP contribution is -1.73. The van der Waals surface area contributed by atoms with Gasteiger partial charge in [0.15, 0.2) is 0 Å². The monoisotopic (exact) mass is 147 g/mol. The fourth-order valence-corrected chi connectivity index (χ4v) is 0.852. The van der Waals surface area contributed by atoms with Crippen LogP contribution in [-0.2, 0) is 5.11 Å². The second kappa shape index (κ2) is 4.69. The average molecular weight is 147 g/mol. The van der Waals surface area contributed by atoms with E-state index >= 15 is 0 Å². The minimum Gasteiger partial charge on any atom is -0.236 e. The summed E-state index contributed by atoms with van der Waals surface area (Å²) in [6, 6.07) is 9.97. The summed E-state index contributed by atoms with van der Waals surface area (Å²) in [5, 5.41) is 10.1. The molecule has 0 aliphatic heterocycles. The molecule has 11 heavy (non-hydrogen) atoms. The SMILES string of the molecule is [O]CC/C=C/c1ccccc1. The Labute approximate surface area is 67.0 Å². The van der Waals surface area contributed by atoms with E-state index in [0.29, 0.717) is 6.42 Å². The summed E-state index contributed by atoms with van der Waals surface area (Å²) in [5.41, 5.74) is 1.15. The number of hydrogen-bond acceptors (Lipinski definition) is 0. The molecule has 0 bridgehead atoms. The molecule has 0 fully saturated rings. The molecule has 57 valence electrons. The van der Waals surface area contributed by atoms with Crippen molar-refractivity contribution < 1.29 is 5.11 Å². The van der Waals surface area contributed by atoms with Crippen LogP contribution in [0.25, 0.3) is 6.08 Å². The lowest BCUT2D eigenvalue weighted by molar-refractivity contribution is 0.199. The topological polar surface area (TPSA) is 19.9 Å². The molecule has 1 aromatic carbocycles. The van der Waals surface area contributed by atoms with Crippen LogP contribution in [0.4, 0.5) is 0 Å². The van der Waals surface area contributed by atoms with Gasteiger partial charge in [0.05, 0.1) is 6.61 Å². The first kappa shape index (κ1) is 8.02. The summed E-state index contributed by atoms with van der Waals surface area (Å²) in [7, 11) is 0. The maximum Gasteiger partial charge on any atom is 0.0856 e. The molecular weight excluding hydrogens is 136 g/mol. The van der Waals surface area contributed by atoms with E-state index in [1.165, 1.54) is 0 Å². The Morgan fingerprint density at radius 1 is 1.18 bits per heavy atom. The van der Waals surface area contributed by atoms with Gasteiger partial charge in [0.2, 0.25) is 0 Å². The molecule has 0 aliphatic rings. The summed E-state index contributed by atoms with van der Waals surface area (Å²) >= 11 is 0. The van der Waals surface area contributed by atoms with Crippen LogP contribution < -0.4 is 0 Å². The van der Waals surface area contributed by atoms with Crippen molar-refractivity contribution in [3.8, 4) is 0 Å². The molecule has 0 aliphatic carbocycles. The second-order valence-corrected chi connectivity index (χ2v) is 2.31. The van der Waals surface area contributed by atoms with Crippen molar-refractivity contribution in [3.63, 3.8) is 0 Å². The summed E-state index contributed by atoms with van der Waals surface area (Å²) in [6.45, 7) is -0.0245.